The van der Waals surface area contributed by atoms with Gasteiger partial charge in [0.2, 0.25) is 0 Å². The molecule has 0 saturated heterocycles. The van der Waals surface area contributed by atoms with Crippen molar-refractivity contribution in [1.29, 1.82) is 0 Å². The Bertz CT molecular complexity index is 434. The highest BCUT2D eigenvalue weighted by molar-refractivity contribution is 5.85. The third-order valence-electron chi connectivity index (χ3n) is 1.85. The summed E-state index contributed by atoms with van der Waals surface area (Å²) >= 11 is 0. The molecule has 1 amide bonds. The van der Waals surface area contributed by atoms with Gasteiger partial charge in [-0.3, -0.25) is 4.79 Å². The maximum Gasteiger partial charge on any atom is 0.408 e. The second kappa shape index (κ2) is 5.61. The molecule has 1 heterocycles. The molecule has 1 aromatic heterocycles. The molecule has 0 saturated carbocycles. The summed E-state index contributed by atoms with van der Waals surface area (Å²) < 4.78 is 5.01. The van der Waals surface area contributed by atoms with E-state index in [-0.39, 0.29) is 18.7 Å². The van der Waals surface area contributed by atoms with Crippen LogP contribution in [-0.2, 0) is 23.0 Å². The van der Waals surface area contributed by atoms with E-state index in [0.29, 0.717) is 5.69 Å². The van der Waals surface area contributed by atoms with Gasteiger partial charge in [-0.05, 0) is 20.8 Å². The monoisotopic (exact) mass is 254 g/mol. The van der Waals surface area contributed by atoms with Crippen LogP contribution in [0.25, 0.3) is 0 Å². The van der Waals surface area contributed by atoms with Crippen LogP contribution in [-0.4, -0.2) is 39.0 Å². The van der Waals surface area contributed by atoms with Gasteiger partial charge < -0.3 is 10.1 Å². The largest absolute Gasteiger partial charge is 0.444 e. The average molecular weight is 254 g/mol. The Labute approximate surface area is 105 Å². The summed E-state index contributed by atoms with van der Waals surface area (Å²) in [5.41, 5.74) is 0.00591. The molecular weight excluding hydrogens is 236 g/mol. The van der Waals surface area contributed by atoms with Crippen molar-refractivity contribution >= 4 is 11.9 Å². The van der Waals surface area contributed by atoms with Crippen molar-refractivity contribution in [2.75, 3.05) is 6.54 Å². The molecule has 0 unspecified atom stereocenters. The molecule has 0 aromatic carbocycles. The molecule has 1 rings (SSSR count). The fourth-order valence-electron chi connectivity index (χ4n) is 1.22. The summed E-state index contributed by atoms with van der Waals surface area (Å²) in [7, 11) is 1.67. The van der Waals surface area contributed by atoms with E-state index >= 15 is 0 Å². The van der Waals surface area contributed by atoms with E-state index in [1.165, 1.54) is 11.0 Å². The van der Waals surface area contributed by atoms with Gasteiger partial charge in [-0.15, -0.1) is 0 Å². The number of rotatable bonds is 4. The summed E-state index contributed by atoms with van der Waals surface area (Å²) in [5.74, 6) is -0.152. The van der Waals surface area contributed by atoms with Gasteiger partial charge in [0.15, 0.2) is 5.78 Å². The van der Waals surface area contributed by atoms with Gasteiger partial charge in [0.05, 0.1) is 24.9 Å². The fourth-order valence-corrected chi connectivity index (χ4v) is 1.22. The Kier molecular flexibility index (Phi) is 4.41. The second-order valence-corrected chi connectivity index (χ2v) is 4.90. The lowest BCUT2D eigenvalue weighted by Gasteiger charge is -2.19. The molecule has 1 N–H and O–H groups in total. The van der Waals surface area contributed by atoms with Crippen LogP contribution in [0.1, 0.15) is 26.5 Å². The highest BCUT2D eigenvalue weighted by Crippen LogP contribution is 2.06. The van der Waals surface area contributed by atoms with E-state index in [1.807, 2.05) is 0 Å². The molecular formula is C11H18N4O3. The SMILES string of the molecule is Cn1ncc(CC(=O)CNC(=O)OC(C)(C)C)n1. The predicted octanol–water partition coefficient (Wildman–Crippen LogP) is 0.451. The van der Waals surface area contributed by atoms with Crippen LogP contribution in [0, 0.1) is 0 Å². The van der Waals surface area contributed by atoms with E-state index in [2.05, 4.69) is 15.5 Å². The van der Waals surface area contributed by atoms with Crippen LogP contribution < -0.4 is 5.32 Å². The molecule has 18 heavy (non-hydrogen) atoms. The Morgan fingerprint density at radius 1 is 1.44 bits per heavy atom. The lowest BCUT2D eigenvalue weighted by molar-refractivity contribution is -0.117. The van der Waals surface area contributed by atoms with Gasteiger partial charge in [-0.1, -0.05) is 0 Å². The Morgan fingerprint density at radius 2 is 2.11 bits per heavy atom. The number of carbonyl (C=O) groups is 2. The number of nitrogens with one attached hydrogen (secondary N) is 1. The first-order valence-electron chi connectivity index (χ1n) is 5.60. The normalized spacial score (nSPS) is 11.1. The minimum Gasteiger partial charge on any atom is -0.444 e. The Balaban J connectivity index is 2.31. The maximum absolute atomic E-state index is 11.5. The van der Waals surface area contributed by atoms with Gasteiger partial charge in [0, 0.05) is 7.05 Å². The molecule has 0 aliphatic heterocycles. The van der Waals surface area contributed by atoms with Crippen LogP contribution in [0.5, 0.6) is 0 Å². The first-order valence-corrected chi connectivity index (χ1v) is 5.60. The third-order valence-corrected chi connectivity index (χ3v) is 1.85. The van der Waals surface area contributed by atoms with Crippen molar-refractivity contribution in [3.05, 3.63) is 11.9 Å². The van der Waals surface area contributed by atoms with Crippen molar-refractivity contribution in [3.8, 4) is 0 Å². The fraction of sp³-hybridized carbons (Fsp3) is 0.636. The molecule has 0 aliphatic carbocycles. The number of nitrogens with zero attached hydrogens (tertiary/aromatic N) is 3. The van der Waals surface area contributed by atoms with Crippen molar-refractivity contribution < 1.29 is 14.3 Å². The Hall–Kier alpha value is -1.92. The van der Waals surface area contributed by atoms with Crippen LogP contribution in [0.15, 0.2) is 6.20 Å². The van der Waals surface area contributed by atoms with E-state index in [0.717, 1.165) is 0 Å². The van der Waals surface area contributed by atoms with Crippen LogP contribution >= 0.6 is 0 Å². The van der Waals surface area contributed by atoms with Crippen molar-refractivity contribution in [1.82, 2.24) is 20.3 Å². The summed E-state index contributed by atoms with van der Waals surface area (Å²) in [5, 5.41) is 10.2. The van der Waals surface area contributed by atoms with Crippen LogP contribution in [0.4, 0.5) is 4.79 Å². The number of alkyl carbamates (subject to hydrolysis) is 1. The van der Waals surface area contributed by atoms with Gasteiger partial charge in [-0.2, -0.15) is 15.0 Å². The highest BCUT2D eigenvalue weighted by atomic mass is 16.6. The zero-order chi connectivity index (χ0) is 13.8. The zero-order valence-corrected chi connectivity index (χ0v) is 11.1. The number of aryl methyl sites for hydroxylation is 1. The van der Waals surface area contributed by atoms with E-state index in [1.54, 1.807) is 27.8 Å². The molecule has 1 aromatic rings. The molecule has 7 heteroatoms. The second-order valence-electron chi connectivity index (χ2n) is 4.90. The van der Waals surface area contributed by atoms with E-state index in [4.69, 9.17) is 4.74 Å². The van der Waals surface area contributed by atoms with E-state index in [9.17, 15) is 9.59 Å². The summed E-state index contributed by atoms with van der Waals surface area (Å²) in [6.45, 7) is 5.20. The maximum atomic E-state index is 11.5. The summed E-state index contributed by atoms with van der Waals surface area (Å²) in [6.07, 6.45) is 1.06. The lowest BCUT2D eigenvalue weighted by Crippen LogP contribution is -2.35. The standard InChI is InChI=1S/C11H18N4O3/c1-11(2,3)18-10(17)12-7-9(16)5-8-6-13-15(4)14-8/h6H,5,7H2,1-4H3,(H,12,17). The van der Waals surface area contributed by atoms with Crippen molar-refractivity contribution in [2.24, 2.45) is 7.05 Å². The molecule has 0 spiro atoms. The molecule has 7 nitrogen and oxygen atoms in total. The quantitative estimate of drug-likeness (QED) is 0.843. The average Bonchev–Trinajstić information content (AvgIpc) is 2.58. The number of hydrogen-bond donors (Lipinski definition) is 1. The Morgan fingerprint density at radius 3 is 2.61 bits per heavy atom. The number of ketones is 1. The number of carbonyl (C=O) groups excluding carboxylic acids is 2. The topological polar surface area (TPSA) is 86.1 Å². The first-order chi connectivity index (χ1) is 8.26. The van der Waals surface area contributed by atoms with Gasteiger partial charge in [0.1, 0.15) is 5.60 Å². The van der Waals surface area contributed by atoms with Gasteiger partial charge >= 0.3 is 6.09 Å². The molecule has 0 aliphatic rings. The third kappa shape index (κ3) is 5.42. The van der Waals surface area contributed by atoms with Crippen molar-refractivity contribution in [3.63, 3.8) is 0 Å². The number of Topliss-reactive ketones (excluding diaryl/α,β-unsaturated/α-hetero) is 1. The van der Waals surface area contributed by atoms with Crippen LogP contribution in [0.2, 0.25) is 0 Å². The number of aromatic nitrogens is 3. The van der Waals surface area contributed by atoms with E-state index < -0.39 is 11.7 Å². The predicted molar refractivity (Wildman–Crippen MR) is 64.0 cm³/mol. The van der Waals surface area contributed by atoms with Crippen molar-refractivity contribution in [2.45, 2.75) is 32.8 Å². The highest BCUT2D eigenvalue weighted by Gasteiger charge is 2.16. The molecule has 0 atom stereocenters. The number of amides is 1. The number of ether oxygens (including phenoxy) is 1. The molecule has 0 fully saturated rings. The molecule has 100 valence electrons. The lowest BCUT2D eigenvalue weighted by atomic mass is 10.2. The summed E-state index contributed by atoms with van der Waals surface area (Å²) in [6, 6.07) is 0. The minimum absolute atomic E-state index is 0.0779. The number of hydrogen-bond acceptors (Lipinski definition) is 5. The first kappa shape index (κ1) is 14.1. The molecule has 0 radical (unpaired) electrons. The van der Waals surface area contributed by atoms with Crippen LogP contribution in [0.3, 0.4) is 0 Å². The van der Waals surface area contributed by atoms with Gasteiger partial charge in [0.25, 0.3) is 0 Å². The zero-order valence-electron chi connectivity index (χ0n) is 11.1. The van der Waals surface area contributed by atoms with Gasteiger partial charge in [-0.25, -0.2) is 4.79 Å². The smallest absolute Gasteiger partial charge is 0.408 e. The molecule has 0 bridgehead atoms. The minimum atomic E-state index is -0.602. The summed E-state index contributed by atoms with van der Waals surface area (Å²) in [4.78, 5) is 24.2.